The number of aromatic nitrogens is 4. The predicted octanol–water partition coefficient (Wildman–Crippen LogP) is 1.09. The summed E-state index contributed by atoms with van der Waals surface area (Å²) in [6.07, 6.45) is 4.17. The lowest BCUT2D eigenvalue weighted by atomic mass is 10.1. The second-order valence-corrected chi connectivity index (χ2v) is 8.21. The van der Waals surface area contributed by atoms with Gasteiger partial charge in [-0.25, -0.2) is 18.2 Å². The van der Waals surface area contributed by atoms with Crippen molar-refractivity contribution in [3.05, 3.63) is 47.3 Å². The second-order valence-electron chi connectivity index (χ2n) is 6.33. The number of hydrogen-bond donors (Lipinski definition) is 1. The average Bonchev–Trinajstić information content (AvgIpc) is 3.18. The molecule has 9 heteroatoms. The van der Waals surface area contributed by atoms with Gasteiger partial charge in [0, 0.05) is 32.4 Å². The molecule has 0 spiro atoms. The molecule has 1 aliphatic rings. The highest BCUT2D eigenvalue weighted by molar-refractivity contribution is 7.89. The Kier molecular flexibility index (Phi) is 3.77. The van der Waals surface area contributed by atoms with Gasteiger partial charge in [0.2, 0.25) is 0 Å². The number of para-hydroxylation sites is 2. The van der Waals surface area contributed by atoms with Crippen molar-refractivity contribution in [3.63, 3.8) is 0 Å². The molecule has 4 rings (SSSR count). The van der Waals surface area contributed by atoms with Crippen LogP contribution in [-0.4, -0.2) is 44.9 Å². The highest BCUT2D eigenvalue weighted by Gasteiger charge is 2.32. The zero-order valence-corrected chi connectivity index (χ0v) is 14.6. The molecule has 1 aliphatic heterocycles. The quantitative estimate of drug-likeness (QED) is 0.756. The number of benzene rings is 1. The van der Waals surface area contributed by atoms with Crippen molar-refractivity contribution in [2.24, 2.45) is 7.05 Å². The first kappa shape index (κ1) is 16.1. The predicted molar refractivity (Wildman–Crippen MR) is 92.8 cm³/mol. The van der Waals surface area contributed by atoms with Gasteiger partial charge in [0.1, 0.15) is 0 Å². The Bertz CT molecular complexity index is 1070. The Morgan fingerprint density at radius 2 is 1.92 bits per heavy atom. The lowest BCUT2D eigenvalue weighted by Crippen LogP contribution is -2.40. The van der Waals surface area contributed by atoms with Crippen molar-refractivity contribution in [3.8, 4) is 0 Å². The Hall–Kier alpha value is -2.39. The number of hydrogen-bond acceptors (Lipinski definition) is 4. The number of nitrogens with one attached hydrogen (secondary N) is 1. The van der Waals surface area contributed by atoms with Crippen LogP contribution in [0.15, 0.2) is 46.6 Å². The molecule has 0 atom stereocenters. The van der Waals surface area contributed by atoms with Crippen LogP contribution >= 0.6 is 0 Å². The summed E-state index contributed by atoms with van der Waals surface area (Å²) in [6, 6.07) is 7.54. The van der Waals surface area contributed by atoms with Crippen molar-refractivity contribution in [2.45, 2.75) is 23.9 Å². The normalized spacial score (nSPS) is 17.3. The lowest BCUT2D eigenvalue weighted by molar-refractivity contribution is 0.274. The lowest BCUT2D eigenvalue weighted by Gasteiger charge is -2.31. The van der Waals surface area contributed by atoms with E-state index in [2.05, 4.69) is 9.97 Å². The summed E-state index contributed by atoms with van der Waals surface area (Å²) in [6.45, 7) is 0.741. The number of piperidine rings is 1. The first-order chi connectivity index (χ1) is 12.0. The topological polar surface area (TPSA) is 93.0 Å². The highest BCUT2D eigenvalue weighted by atomic mass is 32.2. The Balaban J connectivity index is 1.57. The van der Waals surface area contributed by atoms with Crippen LogP contribution < -0.4 is 5.69 Å². The first-order valence-electron chi connectivity index (χ1n) is 8.14. The number of nitrogens with zero attached hydrogens (tertiary/aromatic N) is 4. The third-order valence-corrected chi connectivity index (χ3v) is 6.48. The van der Waals surface area contributed by atoms with E-state index in [0.29, 0.717) is 25.9 Å². The monoisotopic (exact) mass is 361 g/mol. The molecule has 0 unspecified atom stereocenters. The molecule has 0 aliphatic carbocycles. The van der Waals surface area contributed by atoms with Gasteiger partial charge in [0.15, 0.2) is 5.03 Å². The van der Waals surface area contributed by atoms with Crippen molar-refractivity contribution < 1.29 is 8.42 Å². The summed E-state index contributed by atoms with van der Waals surface area (Å²) >= 11 is 0. The summed E-state index contributed by atoms with van der Waals surface area (Å²) in [5.74, 6) is 0. The van der Waals surface area contributed by atoms with Gasteiger partial charge in [-0.15, -0.1) is 0 Å². The molecule has 0 saturated carbocycles. The zero-order valence-electron chi connectivity index (χ0n) is 13.8. The Labute approximate surface area is 144 Å². The molecule has 2 aromatic heterocycles. The fourth-order valence-corrected chi connectivity index (χ4v) is 4.87. The number of aromatic amines is 1. The summed E-state index contributed by atoms with van der Waals surface area (Å²) in [4.78, 5) is 19.1. The van der Waals surface area contributed by atoms with E-state index in [1.807, 2.05) is 24.3 Å². The fraction of sp³-hybridized carbons (Fsp3) is 0.375. The van der Waals surface area contributed by atoms with E-state index in [0.717, 1.165) is 11.0 Å². The molecule has 25 heavy (non-hydrogen) atoms. The fourth-order valence-electron chi connectivity index (χ4n) is 3.43. The van der Waals surface area contributed by atoms with Crippen molar-refractivity contribution in [2.75, 3.05) is 13.1 Å². The van der Waals surface area contributed by atoms with E-state index in [4.69, 9.17) is 0 Å². The van der Waals surface area contributed by atoms with Crippen LogP contribution in [0.5, 0.6) is 0 Å². The maximum atomic E-state index is 12.6. The number of sulfonamides is 1. The molecule has 1 aromatic carbocycles. The van der Waals surface area contributed by atoms with Crippen molar-refractivity contribution >= 4 is 21.1 Å². The van der Waals surface area contributed by atoms with E-state index in [1.54, 1.807) is 16.2 Å². The second kappa shape index (κ2) is 5.85. The minimum Gasteiger partial charge on any atom is -0.339 e. The van der Waals surface area contributed by atoms with E-state index in [1.165, 1.54) is 16.8 Å². The van der Waals surface area contributed by atoms with E-state index >= 15 is 0 Å². The number of imidazole rings is 2. The van der Waals surface area contributed by atoms with Gasteiger partial charge < -0.3 is 9.55 Å². The maximum absolute atomic E-state index is 12.6. The van der Waals surface area contributed by atoms with Crippen LogP contribution in [0.4, 0.5) is 0 Å². The molecule has 0 bridgehead atoms. The molecule has 0 amide bonds. The summed E-state index contributed by atoms with van der Waals surface area (Å²) in [7, 11) is -1.84. The molecule has 0 radical (unpaired) electrons. The van der Waals surface area contributed by atoms with E-state index in [9.17, 15) is 13.2 Å². The standard InChI is InChI=1S/C16H19N5O3S/c1-19-10-15(17-11-19)25(23,24)20-8-6-12(7-9-20)21-14-5-3-2-4-13(14)18-16(21)22/h2-5,10-12H,6-9H2,1H3,(H,18,22). The molecule has 132 valence electrons. The highest BCUT2D eigenvalue weighted by Crippen LogP contribution is 2.27. The van der Waals surface area contributed by atoms with Gasteiger partial charge >= 0.3 is 5.69 Å². The van der Waals surface area contributed by atoms with Gasteiger partial charge in [0.05, 0.1) is 17.4 Å². The molecule has 3 aromatic rings. The van der Waals surface area contributed by atoms with Crippen LogP contribution in [0.2, 0.25) is 0 Å². The van der Waals surface area contributed by atoms with Crippen LogP contribution in [0.3, 0.4) is 0 Å². The van der Waals surface area contributed by atoms with Crippen LogP contribution in [-0.2, 0) is 17.1 Å². The summed E-state index contributed by atoms with van der Waals surface area (Å²) < 4.78 is 30.1. The zero-order chi connectivity index (χ0) is 17.6. The Morgan fingerprint density at radius 3 is 2.60 bits per heavy atom. The minimum absolute atomic E-state index is 0.0150. The Morgan fingerprint density at radius 1 is 1.20 bits per heavy atom. The third kappa shape index (κ3) is 2.69. The summed E-state index contributed by atoms with van der Waals surface area (Å²) in [5.41, 5.74) is 1.52. The molecule has 3 heterocycles. The number of rotatable bonds is 3. The van der Waals surface area contributed by atoms with E-state index < -0.39 is 10.0 Å². The molecular weight excluding hydrogens is 342 g/mol. The number of aryl methyl sites for hydroxylation is 1. The minimum atomic E-state index is -3.58. The van der Waals surface area contributed by atoms with Gasteiger partial charge in [-0.3, -0.25) is 4.57 Å². The van der Waals surface area contributed by atoms with Crippen LogP contribution in [0.1, 0.15) is 18.9 Å². The smallest absolute Gasteiger partial charge is 0.326 e. The summed E-state index contributed by atoms with van der Waals surface area (Å²) in [5, 5.41) is 0.0673. The van der Waals surface area contributed by atoms with Crippen molar-refractivity contribution in [1.82, 2.24) is 23.4 Å². The van der Waals surface area contributed by atoms with Crippen molar-refractivity contribution in [1.29, 1.82) is 0 Å². The molecular formula is C16H19N5O3S. The van der Waals surface area contributed by atoms with Gasteiger partial charge in [-0.2, -0.15) is 4.31 Å². The third-order valence-electron chi connectivity index (χ3n) is 4.70. The first-order valence-corrected chi connectivity index (χ1v) is 9.58. The van der Waals surface area contributed by atoms with Gasteiger partial charge in [-0.05, 0) is 25.0 Å². The van der Waals surface area contributed by atoms with Gasteiger partial charge in [-0.1, -0.05) is 12.1 Å². The molecule has 1 N–H and O–H groups in total. The maximum Gasteiger partial charge on any atom is 0.326 e. The largest absolute Gasteiger partial charge is 0.339 e. The molecule has 1 fully saturated rings. The van der Waals surface area contributed by atoms with E-state index in [-0.39, 0.29) is 16.8 Å². The number of fused-ring (bicyclic) bond motifs is 1. The van der Waals surface area contributed by atoms with Crippen LogP contribution in [0, 0.1) is 0 Å². The molecule has 1 saturated heterocycles. The molecule has 8 nitrogen and oxygen atoms in total. The SMILES string of the molecule is Cn1cnc(S(=O)(=O)N2CCC(n3c(=O)[nH]c4ccccc43)CC2)c1. The van der Waals surface area contributed by atoms with Crippen LogP contribution in [0.25, 0.3) is 11.0 Å². The average molecular weight is 361 g/mol. The van der Waals surface area contributed by atoms with Gasteiger partial charge in [0.25, 0.3) is 10.0 Å². The number of H-pyrrole nitrogens is 1.